The summed E-state index contributed by atoms with van der Waals surface area (Å²) in [6, 6.07) is 5.63. The van der Waals surface area contributed by atoms with Crippen molar-refractivity contribution in [1.82, 2.24) is 4.98 Å². The van der Waals surface area contributed by atoms with Crippen LogP contribution in [-0.4, -0.2) is 39.1 Å². The van der Waals surface area contributed by atoms with Gasteiger partial charge in [-0.2, -0.15) is 13.2 Å². The minimum Gasteiger partial charge on any atom is -0.491 e. The Labute approximate surface area is 234 Å². The molecule has 0 fully saturated rings. The van der Waals surface area contributed by atoms with E-state index in [2.05, 4.69) is 46.5 Å². The summed E-state index contributed by atoms with van der Waals surface area (Å²) in [6.07, 6.45) is -1.27. The number of nitrogens with zero attached hydrogens (tertiary/aromatic N) is 1. The monoisotopic (exact) mass is 587 g/mol. The van der Waals surface area contributed by atoms with Gasteiger partial charge in [-0.05, 0) is 47.8 Å². The minimum absolute atomic E-state index is 0.179. The molecule has 39 heavy (non-hydrogen) atoms. The van der Waals surface area contributed by atoms with Crippen LogP contribution in [0.25, 0.3) is 6.08 Å². The number of alkyl halides is 3. The summed E-state index contributed by atoms with van der Waals surface area (Å²) in [5.41, 5.74) is 0.746. The number of halogens is 4. The van der Waals surface area contributed by atoms with Gasteiger partial charge in [-0.25, -0.2) is 9.78 Å². The van der Waals surface area contributed by atoms with Crippen molar-refractivity contribution in [2.75, 3.05) is 19.8 Å². The Morgan fingerprint density at radius 3 is 2.23 bits per heavy atom. The van der Waals surface area contributed by atoms with E-state index >= 15 is 0 Å². The van der Waals surface area contributed by atoms with E-state index in [1.54, 1.807) is 25.1 Å². The second-order valence-electron chi connectivity index (χ2n) is 9.91. The fourth-order valence-electron chi connectivity index (χ4n) is 4.82. The molecule has 0 aliphatic rings. The first-order valence-corrected chi connectivity index (χ1v) is 15.4. The van der Waals surface area contributed by atoms with Crippen LogP contribution in [0, 0.1) is 0 Å². The fraction of sp³-hybridized carbons (Fsp3) is 0.500. The van der Waals surface area contributed by atoms with Crippen LogP contribution in [0.1, 0.15) is 59.6 Å². The van der Waals surface area contributed by atoms with Crippen molar-refractivity contribution in [3.05, 3.63) is 52.7 Å². The lowest BCUT2D eigenvalue weighted by Crippen LogP contribution is -2.48. The molecule has 0 aliphatic heterocycles. The van der Waals surface area contributed by atoms with Crippen LogP contribution in [0.3, 0.4) is 0 Å². The van der Waals surface area contributed by atoms with Crippen molar-refractivity contribution in [3.63, 3.8) is 0 Å². The number of pyridine rings is 1. The molecule has 0 radical (unpaired) electrons. The Bertz CT molecular complexity index is 1120. The maximum Gasteiger partial charge on any atom is 0.417 e. The van der Waals surface area contributed by atoms with Gasteiger partial charge >= 0.3 is 12.1 Å². The van der Waals surface area contributed by atoms with E-state index < -0.39 is 26.0 Å². The summed E-state index contributed by atoms with van der Waals surface area (Å²) in [5, 5.41) is -0.317. The molecule has 2 rings (SSSR count). The van der Waals surface area contributed by atoms with E-state index in [0.717, 1.165) is 6.07 Å². The summed E-state index contributed by atoms with van der Waals surface area (Å²) in [4.78, 5) is 15.6. The van der Waals surface area contributed by atoms with Gasteiger partial charge in [0.2, 0.25) is 5.88 Å². The van der Waals surface area contributed by atoms with Gasteiger partial charge in [0.15, 0.2) is 8.32 Å². The number of benzene rings is 1. The third-order valence-corrected chi connectivity index (χ3v) is 12.8. The van der Waals surface area contributed by atoms with Crippen LogP contribution in [0.15, 0.2) is 36.5 Å². The van der Waals surface area contributed by atoms with Gasteiger partial charge in [0.1, 0.15) is 23.1 Å². The third kappa shape index (κ3) is 8.71. The van der Waals surface area contributed by atoms with E-state index in [4.69, 9.17) is 30.2 Å². The molecule has 0 unspecified atom stereocenters. The number of hydrogen-bond acceptors (Lipinski definition) is 6. The lowest BCUT2D eigenvalue weighted by molar-refractivity contribution is -0.138. The topological polar surface area (TPSA) is 66.9 Å². The van der Waals surface area contributed by atoms with Crippen molar-refractivity contribution in [2.45, 2.75) is 71.3 Å². The lowest BCUT2D eigenvalue weighted by atomic mass is 10.1. The fourth-order valence-corrected chi connectivity index (χ4v) is 10.5. The first kappa shape index (κ1) is 32.6. The van der Waals surface area contributed by atoms with Gasteiger partial charge in [-0.15, -0.1) is 0 Å². The van der Waals surface area contributed by atoms with E-state index in [-0.39, 0.29) is 29.9 Å². The molecule has 0 amide bonds. The van der Waals surface area contributed by atoms with Gasteiger partial charge in [0, 0.05) is 23.9 Å². The quantitative estimate of drug-likeness (QED) is 0.101. The summed E-state index contributed by atoms with van der Waals surface area (Å²) in [6.45, 7) is 15.8. The highest BCUT2D eigenvalue weighted by molar-refractivity contribution is 6.77. The second kappa shape index (κ2) is 14.2. The molecule has 0 saturated heterocycles. The largest absolute Gasteiger partial charge is 0.491 e. The first-order chi connectivity index (χ1) is 18.2. The summed E-state index contributed by atoms with van der Waals surface area (Å²) in [7, 11) is -2.05. The van der Waals surface area contributed by atoms with Crippen LogP contribution in [0.2, 0.25) is 21.6 Å². The van der Waals surface area contributed by atoms with Gasteiger partial charge in [0.25, 0.3) is 0 Å². The highest BCUT2D eigenvalue weighted by atomic mass is 35.5. The van der Waals surface area contributed by atoms with Crippen molar-refractivity contribution < 1.29 is 36.6 Å². The van der Waals surface area contributed by atoms with Crippen LogP contribution in [0.5, 0.6) is 17.4 Å². The number of hydrogen-bond donors (Lipinski definition) is 0. The molecule has 0 bridgehead atoms. The molecule has 1 aromatic heterocycles. The SMILES string of the molecule is CCOC(=O)/C=C/c1ccc(OCCO[Si](C(C)C)(C(C)C)C(C)C)cc1Oc1ncc(C(F)(F)F)cc1Cl. The summed E-state index contributed by atoms with van der Waals surface area (Å²) >= 11 is 6.04. The molecule has 11 heteroatoms. The Balaban J connectivity index is 2.28. The van der Waals surface area contributed by atoms with Crippen molar-refractivity contribution >= 4 is 32.0 Å². The van der Waals surface area contributed by atoms with Crippen LogP contribution < -0.4 is 9.47 Å². The predicted molar refractivity (Wildman–Crippen MR) is 149 cm³/mol. The lowest BCUT2D eigenvalue weighted by Gasteiger charge is -2.42. The van der Waals surface area contributed by atoms with E-state index in [9.17, 15) is 18.0 Å². The molecule has 216 valence electrons. The van der Waals surface area contributed by atoms with Crippen LogP contribution in [0.4, 0.5) is 13.2 Å². The molecule has 6 nitrogen and oxygen atoms in total. The van der Waals surface area contributed by atoms with Crippen molar-refractivity contribution in [3.8, 4) is 17.4 Å². The number of carbonyl (C=O) groups is 1. The number of ether oxygens (including phenoxy) is 3. The predicted octanol–water partition coefficient (Wildman–Crippen LogP) is 8.69. The van der Waals surface area contributed by atoms with E-state index in [0.29, 0.717) is 40.7 Å². The second-order valence-corrected chi connectivity index (χ2v) is 15.8. The molecule has 1 heterocycles. The molecule has 0 saturated carbocycles. The normalized spacial score (nSPS) is 12.6. The van der Waals surface area contributed by atoms with Gasteiger partial charge in [-0.3, -0.25) is 0 Å². The average Bonchev–Trinajstić information content (AvgIpc) is 2.83. The molecule has 2 aromatic rings. The molecule has 0 N–H and O–H groups in total. The van der Waals surface area contributed by atoms with Crippen LogP contribution in [-0.2, 0) is 20.1 Å². The molecule has 0 aliphatic carbocycles. The Morgan fingerprint density at radius 2 is 1.69 bits per heavy atom. The highest BCUT2D eigenvalue weighted by Gasteiger charge is 2.44. The number of carbonyl (C=O) groups excluding carboxylic acids is 1. The average molecular weight is 588 g/mol. The van der Waals surface area contributed by atoms with Crippen molar-refractivity contribution in [1.29, 1.82) is 0 Å². The zero-order valence-corrected chi connectivity index (χ0v) is 25.2. The summed E-state index contributed by atoms with van der Waals surface area (Å²) < 4.78 is 62.2. The minimum atomic E-state index is -4.60. The molecule has 1 aromatic carbocycles. The maximum atomic E-state index is 13.0. The number of aromatic nitrogens is 1. The van der Waals surface area contributed by atoms with Gasteiger partial charge in [0.05, 0.1) is 18.8 Å². The van der Waals surface area contributed by atoms with E-state index in [1.807, 2.05) is 0 Å². The zero-order valence-electron chi connectivity index (χ0n) is 23.4. The molecule has 0 spiro atoms. The van der Waals surface area contributed by atoms with Crippen LogP contribution >= 0.6 is 11.6 Å². The number of esters is 1. The Morgan fingerprint density at radius 1 is 1.05 bits per heavy atom. The molecule has 0 atom stereocenters. The smallest absolute Gasteiger partial charge is 0.417 e. The molecular weight excluding hydrogens is 551 g/mol. The van der Waals surface area contributed by atoms with Gasteiger partial charge < -0.3 is 18.6 Å². The Hall–Kier alpha value is -2.56. The van der Waals surface area contributed by atoms with Gasteiger partial charge in [-0.1, -0.05) is 53.1 Å². The zero-order chi connectivity index (χ0) is 29.4. The number of rotatable bonds is 13. The first-order valence-electron chi connectivity index (χ1n) is 12.9. The highest BCUT2D eigenvalue weighted by Crippen LogP contribution is 2.42. The Kier molecular flexibility index (Phi) is 11.9. The van der Waals surface area contributed by atoms with Crippen molar-refractivity contribution in [2.24, 2.45) is 0 Å². The maximum absolute atomic E-state index is 13.0. The standard InChI is InChI=1S/C28H37ClF3NO5Si/c1-8-35-26(34)12-10-21-9-11-23(36-13-14-37-39(18(2)3,19(4)5)20(6)7)16-25(21)38-27-24(29)15-22(17-33-27)28(30,31)32/h9-12,15-20H,8,13-14H2,1-7H3/b12-10+. The molecular formula is C28H37ClF3NO5Si. The summed E-state index contributed by atoms with van der Waals surface area (Å²) in [5.74, 6) is -0.161. The van der Waals surface area contributed by atoms with E-state index in [1.165, 1.54) is 12.2 Å². The third-order valence-electron chi connectivity index (χ3n) is 6.42.